The lowest BCUT2D eigenvalue weighted by molar-refractivity contribution is 0.281. The molecule has 0 amide bonds. The standard InChI is InChI=1S/C57H37N3O3/c1-2-12-34(13-3-1)35-24-26-36(27-25-35)55-58-56(60-57(59-55)47-20-11-19-45-43-17-5-8-22-49(43)62-53(45)47)39-15-10-14-37(32-39)40-30-31-41(54-52(40)46-18-6-9-23-50(46)63-54)38-28-29-44-42-16-4-7-21-48(42)61-51(44)33-38/h1-26,28-33,36,52,54H,27H2. The van der Waals surface area contributed by atoms with E-state index in [1.54, 1.807) is 0 Å². The number of hydrogen-bond donors (Lipinski definition) is 0. The van der Waals surface area contributed by atoms with Crippen molar-refractivity contribution in [3.8, 4) is 28.5 Å². The molecule has 0 radical (unpaired) electrons. The van der Waals surface area contributed by atoms with E-state index < -0.39 is 0 Å². The Kier molecular flexibility index (Phi) is 8.06. The van der Waals surface area contributed by atoms with Crippen LogP contribution in [0.2, 0.25) is 0 Å². The Morgan fingerprint density at radius 2 is 1.17 bits per heavy atom. The van der Waals surface area contributed by atoms with Crippen LogP contribution in [0.1, 0.15) is 46.3 Å². The first kappa shape index (κ1) is 35.6. The molecule has 7 aromatic carbocycles. The molecule has 298 valence electrons. The maximum Gasteiger partial charge on any atom is 0.167 e. The van der Waals surface area contributed by atoms with Gasteiger partial charge >= 0.3 is 0 Å². The summed E-state index contributed by atoms with van der Waals surface area (Å²) >= 11 is 0. The largest absolute Gasteiger partial charge is 0.484 e. The van der Waals surface area contributed by atoms with Crippen molar-refractivity contribution in [2.24, 2.45) is 0 Å². The van der Waals surface area contributed by atoms with Crippen molar-refractivity contribution >= 4 is 60.6 Å². The minimum atomic E-state index is -0.223. The number of benzene rings is 7. The summed E-state index contributed by atoms with van der Waals surface area (Å²) in [6.45, 7) is 0. The number of hydrogen-bond acceptors (Lipinski definition) is 6. The molecule has 6 nitrogen and oxygen atoms in total. The highest BCUT2D eigenvalue weighted by atomic mass is 16.5. The van der Waals surface area contributed by atoms with Crippen molar-refractivity contribution in [1.82, 2.24) is 15.0 Å². The topological polar surface area (TPSA) is 74.2 Å². The van der Waals surface area contributed by atoms with E-state index in [0.29, 0.717) is 11.6 Å². The summed E-state index contributed by atoms with van der Waals surface area (Å²) in [5.74, 6) is 2.76. The van der Waals surface area contributed by atoms with Gasteiger partial charge in [-0.1, -0.05) is 152 Å². The number of furan rings is 2. The molecule has 10 aromatic rings. The van der Waals surface area contributed by atoms with Crippen LogP contribution < -0.4 is 4.74 Å². The monoisotopic (exact) mass is 811 g/mol. The lowest BCUT2D eigenvalue weighted by Gasteiger charge is -2.28. The van der Waals surface area contributed by atoms with Crippen LogP contribution in [0.5, 0.6) is 5.75 Å². The van der Waals surface area contributed by atoms with Crippen LogP contribution in [-0.2, 0) is 0 Å². The molecule has 3 unspecified atom stereocenters. The summed E-state index contributed by atoms with van der Waals surface area (Å²) < 4.78 is 19.7. The van der Waals surface area contributed by atoms with E-state index in [9.17, 15) is 0 Å². The van der Waals surface area contributed by atoms with E-state index in [1.807, 2.05) is 42.5 Å². The average Bonchev–Trinajstić information content (AvgIpc) is 4.05. The van der Waals surface area contributed by atoms with Gasteiger partial charge in [0.1, 0.15) is 40.0 Å². The van der Waals surface area contributed by atoms with Crippen molar-refractivity contribution in [2.75, 3.05) is 0 Å². The van der Waals surface area contributed by atoms with Crippen molar-refractivity contribution in [3.05, 3.63) is 222 Å². The van der Waals surface area contributed by atoms with Crippen molar-refractivity contribution in [2.45, 2.75) is 24.4 Å². The third kappa shape index (κ3) is 5.90. The second-order valence-electron chi connectivity index (χ2n) is 16.5. The van der Waals surface area contributed by atoms with Gasteiger partial charge in [-0.3, -0.25) is 0 Å². The van der Waals surface area contributed by atoms with Gasteiger partial charge in [-0.2, -0.15) is 0 Å². The molecule has 4 heterocycles. The van der Waals surface area contributed by atoms with Crippen molar-refractivity contribution in [1.29, 1.82) is 0 Å². The van der Waals surface area contributed by atoms with E-state index in [-0.39, 0.29) is 17.9 Å². The highest BCUT2D eigenvalue weighted by Crippen LogP contribution is 2.52. The minimum absolute atomic E-state index is 0.0315. The predicted molar refractivity (Wildman–Crippen MR) is 252 cm³/mol. The van der Waals surface area contributed by atoms with Gasteiger partial charge < -0.3 is 13.6 Å². The lowest BCUT2D eigenvalue weighted by atomic mass is 9.76. The maximum atomic E-state index is 6.86. The first-order chi connectivity index (χ1) is 31.2. The molecule has 0 N–H and O–H groups in total. The van der Waals surface area contributed by atoms with Crippen molar-refractivity contribution < 1.29 is 13.6 Å². The van der Waals surface area contributed by atoms with E-state index in [1.165, 1.54) is 22.3 Å². The number of rotatable bonds is 6. The average molecular weight is 812 g/mol. The second-order valence-corrected chi connectivity index (χ2v) is 16.5. The number of aromatic nitrogens is 3. The van der Waals surface area contributed by atoms with Gasteiger partial charge in [0.25, 0.3) is 0 Å². The molecule has 63 heavy (non-hydrogen) atoms. The zero-order valence-corrected chi connectivity index (χ0v) is 34.0. The summed E-state index contributed by atoms with van der Waals surface area (Å²) in [5.41, 5.74) is 13.1. The summed E-state index contributed by atoms with van der Waals surface area (Å²) in [4.78, 5) is 15.7. The lowest BCUT2D eigenvalue weighted by Crippen LogP contribution is -2.24. The first-order valence-electron chi connectivity index (χ1n) is 21.5. The van der Waals surface area contributed by atoms with Gasteiger partial charge in [0.2, 0.25) is 0 Å². The molecule has 2 aliphatic carbocycles. The van der Waals surface area contributed by atoms with Crippen LogP contribution in [0.25, 0.3) is 83.4 Å². The van der Waals surface area contributed by atoms with Gasteiger partial charge in [0.15, 0.2) is 11.6 Å². The SMILES string of the molecule is C1=CC(c2nc(-c3cccc(C4=CC=C(c5ccc6c(c5)oc5ccccc56)C5Oc6ccccc6C45)c3)nc(-c3cccc4c3oc3ccccc34)n2)CC=C1c1ccccc1. The van der Waals surface area contributed by atoms with E-state index in [0.717, 1.165) is 89.7 Å². The maximum absolute atomic E-state index is 6.86. The zero-order valence-electron chi connectivity index (χ0n) is 34.0. The van der Waals surface area contributed by atoms with Gasteiger partial charge in [-0.05, 0) is 76.7 Å². The molecule has 6 heteroatoms. The molecule has 0 fully saturated rings. The highest BCUT2D eigenvalue weighted by Gasteiger charge is 2.41. The predicted octanol–water partition coefficient (Wildman–Crippen LogP) is 14.2. The Bertz CT molecular complexity index is 3610. The Morgan fingerprint density at radius 3 is 2.05 bits per heavy atom. The summed E-state index contributed by atoms with van der Waals surface area (Å²) in [6.07, 6.45) is 11.7. The highest BCUT2D eigenvalue weighted by molar-refractivity contribution is 6.09. The first-order valence-corrected chi connectivity index (χ1v) is 21.5. The number of fused-ring (bicyclic) bond motifs is 9. The molecule has 3 aromatic heterocycles. The van der Waals surface area contributed by atoms with E-state index in [4.69, 9.17) is 28.5 Å². The molecule has 0 bridgehead atoms. The third-order valence-corrected chi connectivity index (χ3v) is 12.9. The molecule has 0 saturated carbocycles. The minimum Gasteiger partial charge on any atom is -0.484 e. The number of ether oxygens (including phenoxy) is 1. The van der Waals surface area contributed by atoms with Crippen LogP contribution in [0.4, 0.5) is 0 Å². The second kappa shape index (κ2) is 14.3. The Morgan fingerprint density at radius 1 is 0.492 bits per heavy atom. The van der Waals surface area contributed by atoms with Crippen LogP contribution in [-0.4, -0.2) is 21.1 Å². The van der Waals surface area contributed by atoms with E-state index in [2.05, 4.69) is 152 Å². The van der Waals surface area contributed by atoms with Crippen LogP contribution in [0, 0.1) is 0 Å². The Hall–Kier alpha value is -8.09. The van der Waals surface area contributed by atoms with Crippen LogP contribution >= 0.6 is 0 Å². The zero-order chi connectivity index (χ0) is 41.4. The molecule has 0 spiro atoms. The van der Waals surface area contributed by atoms with Crippen LogP contribution in [0.15, 0.2) is 203 Å². The normalized spacial score (nSPS) is 18.0. The fourth-order valence-corrected chi connectivity index (χ4v) is 9.83. The summed E-state index contributed by atoms with van der Waals surface area (Å²) in [5, 5.41) is 4.32. The fraction of sp³-hybridized carbons (Fsp3) is 0.0702. The molecular formula is C57H37N3O3. The van der Waals surface area contributed by atoms with Gasteiger partial charge in [0, 0.05) is 44.2 Å². The Balaban J connectivity index is 0.930. The van der Waals surface area contributed by atoms with Crippen LogP contribution in [0.3, 0.4) is 0 Å². The molecular weight excluding hydrogens is 775 g/mol. The quantitative estimate of drug-likeness (QED) is 0.166. The molecule has 3 aliphatic rings. The molecule has 13 rings (SSSR count). The fourth-order valence-electron chi connectivity index (χ4n) is 9.83. The molecule has 3 atom stereocenters. The summed E-state index contributed by atoms with van der Waals surface area (Å²) in [7, 11) is 0. The van der Waals surface area contributed by atoms with Gasteiger partial charge in [-0.25, -0.2) is 15.0 Å². The summed E-state index contributed by atoms with van der Waals surface area (Å²) in [6, 6.07) is 56.6. The van der Waals surface area contributed by atoms with Gasteiger partial charge in [0.05, 0.1) is 11.5 Å². The van der Waals surface area contributed by atoms with Gasteiger partial charge in [-0.15, -0.1) is 0 Å². The smallest absolute Gasteiger partial charge is 0.167 e. The van der Waals surface area contributed by atoms with Crippen molar-refractivity contribution in [3.63, 3.8) is 0 Å². The number of nitrogens with zero attached hydrogens (tertiary/aromatic N) is 3. The third-order valence-electron chi connectivity index (χ3n) is 12.9. The van der Waals surface area contributed by atoms with E-state index >= 15 is 0 Å². The Labute approximate surface area is 362 Å². The number of para-hydroxylation sites is 4. The molecule has 1 aliphatic heterocycles. The molecule has 0 saturated heterocycles. The number of allylic oxidation sites excluding steroid dienone is 6.